The molecule has 1 aromatic rings. The second-order valence-corrected chi connectivity index (χ2v) is 3.23. The molecule has 0 bridgehead atoms. The summed E-state index contributed by atoms with van der Waals surface area (Å²) in [5.41, 5.74) is -0.740. The molecule has 0 aliphatic carbocycles. The molecule has 14 heavy (non-hydrogen) atoms. The molecule has 1 unspecified atom stereocenters. The molecule has 2 heterocycles. The van der Waals surface area contributed by atoms with Crippen LogP contribution >= 0.6 is 0 Å². The van der Waals surface area contributed by atoms with Crippen molar-refractivity contribution in [3.8, 4) is 0 Å². The van der Waals surface area contributed by atoms with Crippen LogP contribution in [0.2, 0.25) is 0 Å². The van der Waals surface area contributed by atoms with Gasteiger partial charge in [-0.15, -0.1) is 0 Å². The van der Waals surface area contributed by atoms with E-state index in [9.17, 15) is 9.59 Å². The van der Waals surface area contributed by atoms with Gasteiger partial charge in [-0.3, -0.25) is 0 Å². The van der Waals surface area contributed by atoms with Crippen LogP contribution in [0.5, 0.6) is 0 Å². The number of aliphatic hydroxyl groups is 1. The number of aliphatic hydroxyl groups excluding tert-OH is 1. The quantitative estimate of drug-likeness (QED) is 0.554. The lowest BCUT2D eigenvalue weighted by Gasteiger charge is -2.18. The maximum atomic E-state index is 11.6. The van der Waals surface area contributed by atoms with E-state index in [2.05, 4.69) is 0 Å². The monoisotopic (exact) mass is 197 g/mol. The van der Waals surface area contributed by atoms with Crippen LogP contribution in [-0.2, 0) is 13.6 Å². The zero-order chi connectivity index (χ0) is 10.3. The first-order valence-corrected chi connectivity index (χ1v) is 4.32. The highest BCUT2D eigenvalue weighted by Crippen LogP contribution is 2.07. The standard InChI is InChI=1S/C8H11N3O3/c1-9-7(13)10-4-2-3-6(5-12)11(10)8(9)14/h2-3,6,12H,4-5H2,1H3. The Bertz CT molecular complexity index is 491. The highest BCUT2D eigenvalue weighted by Gasteiger charge is 2.20. The van der Waals surface area contributed by atoms with Crippen molar-refractivity contribution in [1.82, 2.24) is 13.9 Å². The van der Waals surface area contributed by atoms with E-state index in [1.807, 2.05) is 0 Å². The summed E-state index contributed by atoms with van der Waals surface area (Å²) in [5, 5.41) is 9.03. The first-order valence-electron chi connectivity index (χ1n) is 4.32. The van der Waals surface area contributed by atoms with E-state index in [1.54, 1.807) is 12.2 Å². The lowest BCUT2D eigenvalue weighted by atomic mass is 10.2. The van der Waals surface area contributed by atoms with E-state index in [1.165, 1.54) is 16.4 Å². The van der Waals surface area contributed by atoms with Crippen LogP contribution in [0.25, 0.3) is 0 Å². The Kier molecular flexibility index (Phi) is 1.92. The van der Waals surface area contributed by atoms with Crippen molar-refractivity contribution in [3.63, 3.8) is 0 Å². The number of aromatic nitrogens is 3. The molecule has 2 rings (SSSR count). The Morgan fingerprint density at radius 1 is 1.50 bits per heavy atom. The van der Waals surface area contributed by atoms with Gasteiger partial charge in [-0.05, 0) is 0 Å². The van der Waals surface area contributed by atoms with Gasteiger partial charge < -0.3 is 5.11 Å². The summed E-state index contributed by atoms with van der Waals surface area (Å²) in [6.07, 6.45) is 3.49. The molecule has 6 nitrogen and oxygen atoms in total. The van der Waals surface area contributed by atoms with E-state index in [0.29, 0.717) is 6.54 Å². The summed E-state index contributed by atoms with van der Waals surface area (Å²) in [5.74, 6) is 0. The minimum atomic E-state index is -0.426. The summed E-state index contributed by atoms with van der Waals surface area (Å²) in [6, 6.07) is -0.426. The summed E-state index contributed by atoms with van der Waals surface area (Å²) >= 11 is 0. The zero-order valence-corrected chi connectivity index (χ0v) is 7.75. The van der Waals surface area contributed by atoms with Crippen molar-refractivity contribution in [2.24, 2.45) is 7.05 Å². The van der Waals surface area contributed by atoms with E-state index >= 15 is 0 Å². The molecule has 0 spiro atoms. The topological polar surface area (TPSA) is 69.2 Å². The van der Waals surface area contributed by atoms with Gasteiger partial charge in [0.1, 0.15) is 0 Å². The fourth-order valence-electron chi connectivity index (χ4n) is 1.63. The molecule has 0 fully saturated rings. The fraction of sp³-hybridized carbons (Fsp3) is 0.500. The Hall–Kier alpha value is -1.56. The molecule has 0 radical (unpaired) electrons. The van der Waals surface area contributed by atoms with Gasteiger partial charge >= 0.3 is 11.4 Å². The first-order chi connectivity index (χ1) is 6.66. The van der Waals surface area contributed by atoms with Gasteiger partial charge in [0.15, 0.2) is 0 Å². The van der Waals surface area contributed by atoms with E-state index in [-0.39, 0.29) is 12.3 Å². The van der Waals surface area contributed by atoms with Gasteiger partial charge in [-0.2, -0.15) is 0 Å². The van der Waals surface area contributed by atoms with Gasteiger partial charge in [0, 0.05) is 7.05 Å². The molecule has 0 aromatic carbocycles. The second kappa shape index (κ2) is 2.98. The van der Waals surface area contributed by atoms with Gasteiger partial charge in [-0.1, -0.05) is 12.2 Å². The van der Waals surface area contributed by atoms with Crippen LogP contribution in [0.15, 0.2) is 21.7 Å². The van der Waals surface area contributed by atoms with Gasteiger partial charge in [-0.25, -0.2) is 23.5 Å². The minimum Gasteiger partial charge on any atom is -0.394 e. The largest absolute Gasteiger partial charge is 0.394 e. The van der Waals surface area contributed by atoms with Crippen LogP contribution in [-0.4, -0.2) is 25.6 Å². The first kappa shape index (κ1) is 9.01. The third-order valence-corrected chi connectivity index (χ3v) is 2.39. The molecule has 1 aliphatic heterocycles. The molecule has 1 atom stereocenters. The smallest absolute Gasteiger partial charge is 0.347 e. The lowest BCUT2D eigenvalue weighted by Crippen LogP contribution is -2.33. The SMILES string of the molecule is Cn1c(=O)n2n(c1=O)C(CO)C=CC2. The van der Waals surface area contributed by atoms with Gasteiger partial charge in [0.25, 0.3) is 0 Å². The Balaban J connectivity index is 2.74. The number of hydrogen-bond donors (Lipinski definition) is 1. The molecule has 1 N–H and O–H groups in total. The lowest BCUT2D eigenvalue weighted by molar-refractivity contribution is 0.223. The Morgan fingerprint density at radius 2 is 2.21 bits per heavy atom. The summed E-state index contributed by atoms with van der Waals surface area (Å²) in [7, 11) is 1.43. The van der Waals surface area contributed by atoms with Gasteiger partial charge in [0.2, 0.25) is 0 Å². The summed E-state index contributed by atoms with van der Waals surface area (Å²) < 4.78 is 3.64. The van der Waals surface area contributed by atoms with E-state index < -0.39 is 11.7 Å². The van der Waals surface area contributed by atoms with Crippen molar-refractivity contribution in [2.45, 2.75) is 12.6 Å². The summed E-state index contributed by atoms with van der Waals surface area (Å²) in [4.78, 5) is 23.0. The highest BCUT2D eigenvalue weighted by atomic mass is 16.3. The average Bonchev–Trinajstić information content (AvgIpc) is 2.44. The molecule has 6 heteroatoms. The number of fused-ring (bicyclic) bond motifs is 1. The Labute approximate surface area is 79.3 Å². The van der Waals surface area contributed by atoms with Crippen molar-refractivity contribution in [3.05, 3.63) is 33.1 Å². The van der Waals surface area contributed by atoms with E-state index in [4.69, 9.17) is 5.11 Å². The molecule has 1 aliphatic rings. The van der Waals surface area contributed by atoms with Crippen LogP contribution in [0.3, 0.4) is 0 Å². The fourth-order valence-corrected chi connectivity index (χ4v) is 1.63. The normalized spacial score (nSPS) is 19.7. The second-order valence-electron chi connectivity index (χ2n) is 3.23. The van der Waals surface area contributed by atoms with Gasteiger partial charge in [0.05, 0.1) is 19.2 Å². The van der Waals surface area contributed by atoms with Crippen molar-refractivity contribution >= 4 is 0 Å². The number of hydrogen-bond acceptors (Lipinski definition) is 3. The Morgan fingerprint density at radius 3 is 2.86 bits per heavy atom. The van der Waals surface area contributed by atoms with Crippen LogP contribution < -0.4 is 11.4 Å². The third kappa shape index (κ3) is 1.00. The third-order valence-electron chi connectivity index (χ3n) is 2.39. The maximum Gasteiger partial charge on any atom is 0.347 e. The highest BCUT2D eigenvalue weighted by molar-refractivity contribution is 4.98. The minimum absolute atomic E-state index is 0.181. The van der Waals surface area contributed by atoms with Crippen LogP contribution in [0, 0.1) is 0 Å². The maximum absolute atomic E-state index is 11.6. The number of allylic oxidation sites excluding steroid dienone is 1. The number of rotatable bonds is 1. The molecule has 1 aromatic heterocycles. The predicted octanol–water partition coefficient (Wildman–Crippen LogP) is -1.55. The van der Waals surface area contributed by atoms with Crippen LogP contribution in [0.4, 0.5) is 0 Å². The van der Waals surface area contributed by atoms with Crippen molar-refractivity contribution in [2.75, 3.05) is 6.61 Å². The van der Waals surface area contributed by atoms with Crippen molar-refractivity contribution in [1.29, 1.82) is 0 Å². The predicted molar refractivity (Wildman–Crippen MR) is 49.2 cm³/mol. The van der Waals surface area contributed by atoms with Crippen LogP contribution in [0.1, 0.15) is 6.04 Å². The number of nitrogens with zero attached hydrogens (tertiary/aromatic N) is 3. The zero-order valence-electron chi connectivity index (χ0n) is 7.75. The molecular weight excluding hydrogens is 186 g/mol. The molecule has 0 saturated heterocycles. The molecule has 0 saturated carbocycles. The molecule has 0 amide bonds. The molecular formula is C8H11N3O3. The summed E-state index contributed by atoms with van der Waals surface area (Å²) in [6.45, 7) is 0.200. The molecule has 76 valence electrons. The van der Waals surface area contributed by atoms with Crippen molar-refractivity contribution < 1.29 is 5.11 Å². The average molecular weight is 197 g/mol. The van der Waals surface area contributed by atoms with E-state index in [0.717, 1.165) is 4.57 Å².